The Balaban J connectivity index is 2.03. The largest absolute Gasteiger partial charge is 0.496 e. The van der Waals surface area contributed by atoms with Gasteiger partial charge in [0.05, 0.1) is 12.8 Å². The molecular weight excluding hydrogens is 334 g/mol. The van der Waals surface area contributed by atoms with Gasteiger partial charge in [0.2, 0.25) is 0 Å². The van der Waals surface area contributed by atoms with Gasteiger partial charge >= 0.3 is 0 Å². The number of amides is 1. The van der Waals surface area contributed by atoms with Gasteiger partial charge in [0.25, 0.3) is 5.91 Å². The second kappa shape index (κ2) is 7.43. The maximum absolute atomic E-state index is 11.5. The number of aromatic nitrogens is 1. The number of methoxy groups -OCH3 is 1. The number of primary amides is 1. The molecule has 7 heteroatoms. The lowest BCUT2D eigenvalue weighted by molar-refractivity contribution is 0.0994. The highest BCUT2D eigenvalue weighted by Gasteiger charge is 2.37. The summed E-state index contributed by atoms with van der Waals surface area (Å²) >= 11 is 0. The minimum absolute atomic E-state index is 0.215. The van der Waals surface area contributed by atoms with Crippen molar-refractivity contribution in [2.24, 2.45) is 5.73 Å². The molecule has 1 aliphatic rings. The summed E-state index contributed by atoms with van der Waals surface area (Å²) in [7, 11) is -0.112. The first-order valence-electron chi connectivity index (χ1n) is 8.78. The quantitative estimate of drug-likeness (QED) is 0.784. The van der Waals surface area contributed by atoms with Gasteiger partial charge in [-0.25, -0.2) is 4.98 Å². The fourth-order valence-electron chi connectivity index (χ4n) is 2.70. The summed E-state index contributed by atoms with van der Waals surface area (Å²) < 4.78 is 11.7. The number of hydrogen-bond donors (Lipinski definition) is 1. The molecule has 2 heterocycles. The fraction of sp³-hybridized carbons (Fsp3) is 0.667. The summed E-state index contributed by atoms with van der Waals surface area (Å²) in [6.07, 6.45) is 0.852. The van der Waals surface area contributed by atoms with E-state index in [9.17, 15) is 4.79 Å². The number of rotatable bonds is 6. The van der Waals surface area contributed by atoms with E-state index in [-0.39, 0.29) is 10.7 Å². The van der Waals surface area contributed by atoms with Crippen LogP contribution < -0.4 is 10.5 Å². The van der Waals surface area contributed by atoms with E-state index in [1.165, 1.54) is 0 Å². The number of carbonyl (C=O) groups is 1. The summed E-state index contributed by atoms with van der Waals surface area (Å²) in [5, 5.41) is 0.215. The number of carbonyl (C=O) groups excluding carboxylic acids is 1. The van der Waals surface area contributed by atoms with Crippen LogP contribution in [0, 0.1) is 0 Å². The Hall–Kier alpha value is -1.44. The van der Waals surface area contributed by atoms with Gasteiger partial charge in [-0.1, -0.05) is 20.8 Å². The zero-order chi connectivity index (χ0) is 18.8. The van der Waals surface area contributed by atoms with Crippen molar-refractivity contribution in [2.75, 3.05) is 26.8 Å². The van der Waals surface area contributed by atoms with E-state index in [0.29, 0.717) is 12.3 Å². The molecule has 1 aromatic rings. The van der Waals surface area contributed by atoms with E-state index in [1.54, 1.807) is 13.2 Å². The molecule has 0 saturated heterocycles. The molecule has 0 unspecified atom stereocenters. The summed E-state index contributed by atoms with van der Waals surface area (Å²) in [6.45, 7) is 14.5. The van der Waals surface area contributed by atoms with Crippen LogP contribution in [-0.2, 0) is 17.4 Å². The topological polar surface area (TPSA) is 77.7 Å². The van der Waals surface area contributed by atoms with Gasteiger partial charge in [-0.15, -0.1) is 0 Å². The third-order valence-electron chi connectivity index (χ3n) is 5.37. The maximum Gasteiger partial charge on any atom is 0.267 e. The molecule has 1 aliphatic heterocycles. The Labute approximate surface area is 151 Å². The highest BCUT2D eigenvalue weighted by atomic mass is 28.4. The molecule has 1 amide bonds. The van der Waals surface area contributed by atoms with E-state index in [1.807, 2.05) is 0 Å². The number of fused-ring (bicyclic) bond motifs is 1. The molecule has 0 bridgehead atoms. The molecule has 0 fully saturated rings. The molecule has 0 atom stereocenters. The van der Waals surface area contributed by atoms with Gasteiger partial charge in [0.1, 0.15) is 11.4 Å². The molecule has 2 rings (SSSR count). The Bertz CT molecular complexity index is 641. The Kier molecular flexibility index (Phi) is 5.91. The first-order chi connectivity index (χ1) is 11.5. The van der Waals surface area contributed by atoms with Gasteiger partial charge in [0.15, 0.2) is 8.32 Å². The summed E-state index contributed by atoms with van der Waals surface area (Å²) in [4.78, 5) is 18.2. The van der Waals surface area contributed by atoms with Crippen LogP contribution in [0.2, 0.25) is 18.1 Å². The van der Waals surface area contributed by atoms with E-state index >= 15 is 0 Å². The number of nitrogens with two attached hydrogens (primary N) is 1. The molecule has 0 spiro atoms. The zero-order valence-electron chi connectivity index (χ0n) is 16.3. The van der Waals surface area contributed by atoms with Crippen LogP contribution >= 0.6 is 0 Å². The highest BCUT2D eigenvalue weighted by Crippen LogP contribution is 2.36. The van der Waals surface area contributed by atoms with Crippen LogP contribution in [0.4, 0.5) is 0 Å². The first kappa shape index (κ1) is 19.9. The molecule has 0 radical (unpaired) electrons. The lowest BCUT2D eigenvalue weighted by atomic mass is 10.0. The zero-order valence-corrected chi connectivity index (χ0v) is 17.3. The van der Waals surface area contributed by atoms with Crippen molar-refractivity contribution in [2.45, 2.75) is 51.9 Å². The predicted octanol–water partition coefficient (Wildman–Crippen LogP) is 2.57. The number of hydrogen-bond acceptors (Lipinski definition) is 5. The van der Waals surface area contributed by atoms with Crippen molar-refractivity contribution in [3.8, 4) is 5.75 Å². The van der Waals surface area contributed by atoms with Crippen molar-refractivity contribution < 1.29 is 14.0 Å². The molecule has 0 aromatic carbocycles. The lowest BCUT2D eigenvalue weighted by Crippen LogP contribution is -2.43. The molecular formula is C18H31N3O3Si. The van der Waals surface area contributed by atoms with E-state index < -0.39 is 14.2 Å². The van der Waals surface area contributed by atoms with Crippen molar-refractivity contribution in [1.29, 1.82) is 0 Å². The van der Waals surface area contributed by atoms with Crippen LogP contribution in [0.25, 0.3) is 0 Å². The second-order valence-electron chi connectivity index (χ2n) is 8.13. The monoisotopic (exact) mass is 365 g/mol. The molecule has 1 aromatic heterocycles. The SMILES string of the molecule is COc1cc(C(N)=O)nc2c1CCN(CCO[Si](C)(C)C(C)(C)C)C2. The average Bonchev–Trinajstić information content (AvgIpc) is 2.52. The minimum Gasteiger partial charge on any atom is -0.496 e. The number of pyridine rings is 1. The molecule has 6 nitrogen and oxygen atoms in total. The van der Waals surface area contributed by atoms with Gasteiger partial charge in [0, 0.05) is 37.9 Å². The van der Waals surface area contributed by atoms with Gasteiger partial charge in [-0.3, -0.25) is 9.69 Å². The third-order valence-corrected chi connectivity index (χ3v) is 9.91. The second-order valence-corrected chi connectivity index (χ2v) is 12.9. The van der Waals surface area contributed by atoms with E-state index in [0.717, 1.165) is 37.4 Å². The molecule has 25 heavy (non-hydrogen) atoms. The normalized spacial score (nSPS) is 15.8. The fourth-order valence-corrected chi connectivity index (χ4v) is 3.74. The third kappa shape index (κ3) is 4.59. The molecule has 0 aliphatic carbocycles. The average molecular weight is 366 g/mol. The van der Waals surface area contributed by atoms with Crippen LogP contribution in [0.15, 0.2) is 6.07 Å². The lowest BCUT2D eigenvalue weighted by Gasteiger charge is -2.37. The van der Waals surface area contributed by atoms with Crippen LogP contribution in [0.3, 0.4) is 0 Å². The van der Waals surface area contributed by atoms with Crippen LogP contribution in [-0.4, -0.2) is 50.9 Å². The molecule has 0 saturated carbocycles. The Morgan fingerprint density at radius 1 is 1.40 bits per heavy atom. The highest BCUT2D eigenvalue weighted by molar-refractivity contribution is 6.74. The van der Waals surface area contributed by atoms with Gasteiger partial charge < -0.3 is 14.9 Å². The molecule has 2 N–H and O–H groups in total. The molecule has 140 valence electrons. The minimum atomic E-state index is -1.72. The van der Waals surface area contributed by atoms with Crippen molar-refractivity contribution in [3.05, 3.63) is 23.0 Å². The van der Waals surface area contributed by atoms with Crippen molar-refractivity contribution >= 4 is 14.2 Å². The first-order valence-corrected chi connectivity index (χ1v) is 11.7. The van der Waals surface area contributed by atoms with E-state index in [4.69, 9.17) is 14.9 Å². The van der Waals surface area contributed by atoms with Crippen molar-refractivity contribution in [3.63, 3.8) is 0 Å². The maximum atomic E-state index is 11.5. The Morgan fingerprint density at radius 2 is 2.08 bits per heavy atom. The van der Waals surface area contributed by atoms with Gasteiger partial charge in [-0.05, 0) is 24.6 Å². The number of ether oxygens (including phenoxy) is 1. The standard InChI is InChI=1S/C18H31N3O3Si/c1-18(2,3)25(5,6)24-10-9-21-8-7-13-15(12-21)20-14(17(19)22)11-16(13)23-4/h11H,7-10,12H2,1-6H3,(H2,19,22). The number of nitrogens with zero attached hydrogens (tertiary/aromatic N) is 2. The van der Waals surface area contributed by atoms with E-state index in [2.05, 4.69) is 43.7 Å². The van der Waals surface area contributed by atoms with Crippen LogP contribution in [0.1, 0.15) is 42.5 Å². The van der Waals surface area contributed by atoms with Crippen LogP contribution in [0.5, 0.6) is 5.75 Å². The Morgan fingerprint density at radius 3 is 2.64 bits per heavy atom. The smallest absolute Gasteiger partial charge is 0.267 e. The predicted molar refractivity (Wildman–Crippen MR) is 101 cm³/mol. The van der Waals surface area contributed by atoms with Crippen molar-refractivity contribution in [1.82, 2.24) is 9.88 Å². The summed E-state index contributed by atoms with van der Waals surface area (Å²) in [5.41, 5.74) is 7.61. The summed E-state index contributed by atoms with van der Waals surface area (Å²) in [5.74, 6) is 0.176. The summed E-state index contributed by atoms with van der Waals surface area (Å²) in [6, 6.07) is 1.64. The van der Waals surface area contributed by atoms with Gasteiger partial charge in [-0.2, -0.15) is 0 Å².